The topological polar surface area (TPSA) is 78.9 Å². The molecular formula is C24H25FN2O5S. The van der Waals surface area contributed by atoms with Gasteiger partial charge in [-0.2, -0.15) is 4.39 Å². The molecule has 0 radical (unpaired) electrons. The van der Waals surface area contributed by atoms with E-state index in [0.717, 1.165) is 28.7 Å². The van der Waals surface area contributed by atoms with Crippen LogP contribution in [0.1, 0.15) is 28.4 Å². The van der Waals surface area contributed by atoms with Crippen LogP contribution in [-0.2, 0) is 4.74 Å². The van der Waals surface area contributed by atoms with Gasteiger partial charge in [-0.1, -0.05) is 23.5 Å². The van der Waals surface area contributed by atoms with E-state index >= 15 is 0 Å². The first kappa shape index (κ1) is 24.2. The summed E-state index contributed by atoms with van der Waals surface area (Å²) >= 11 is 0.756. The molecule has 1 heterocycles. The third kappa shape index (κ3) is 7.03. The van der Waals surface area contributed by atoms with E-state index in [0.29, 0.717) is 29.4 Å². The molecule has 7 nitrogen and oxygen atoms in total. The van der Waals surface area contributed by atoms with Crippen molar-refractivity contribution in [1.82, 2.24) is 4.98 Å². The Morgan fingerprint density at radius 3 is 2.24 bits per heavy atom. The highest BCUT2D eigenvalue weighted by molar-refractivity contribution is 7.14. The zero-order valence-corrected chi connectivity index (χ0v) is 19.6. The summed E-state index contributed by atoms with van der Waals surface area (Å²) in [5, 5.41) is 2.31. The van der Waals surface area contributed by atoms with Crippen LogP contribution in [0.5, 0.6) is 17.2 Å². The van der Waals surface area contributed by atoms with Crippen LogP contribution in [0.3, 0.4) is 0 Å². The highest BCUT2D eigenvalue weighted by Crippen LogP contribution is 2.26. The summed E-state index contributed by atoms with van der Waals surface area (Å²) in [6.07, 6.45) is 4.56. The fourth-order valence-corrected chi connectivity index (χ4v) is 3.56. The molecule has 0 aliphatic carbocycles. The molecule has 0 unspecified atom stereocenters. The molecule has 3 aromatic rings. The minimum atomic E-state index is -0.479. The second kappa shape index (κ2) is 11.4. The third-order valence-corrected chi connectivity index (χ3v) is 5.17. The lowest BCUT2D eigenvalue weighted by Crippen LogP contribution is -2.18. The predicted molar refractivity (Wildman–Crippen MR) is 127 cm³/mol. The SMILES string of the molecule is COC[C@H](C)Oc1cc(C=Cc2cc(OC)cc(OC)c2)cc(C(=O)Nc2ncc(F)s2)c1. The van der Waals surface area contributed by atoms with Gasteiger partial charge in [0, 0.05) is 18.7 Å². The fraction of sp³-hybridized carbons (Fsp3) is 0.250. The lowest BCUT2D eigenvalue weighted by Gasteiger charge is -2.15. The Hall–Kier alpha value is -3.43. The Morgan fingerprint density at radius 1 is 1.03 bits per heavy atom. The van der Waals surface area contributed by atoms with Crippen LogP contribution < -0.4 is 19.5 Å². The van der Waals surface area contributed by atoms with E-state index in [-0.39, 0.29) is 11.2 Å². The number of halogens is 1. The number of carbonyl (C=O) groups excluding carboxylic acids is 1. The van der Waals surface area contributed by atoms with Crippen LogP contribution >= 0.6 is 11.3 Å². The van der Waals surface area contributed by atoms with Crippen molar-refractivity contribution in [3.8, 4) is 17.2 Å². The van der Waals surface area contributed by atoms with Crippen molar-refractivity contribution in [2.45, 2.75) is 13.0 Å². The van der Waals surface area contributed by atoms with E-state index in [2.05, 4.69) is 10.3 Å². The van der Waals surface area contributed by atoms with Crippen molar-refractivity contribution in [2.75, 3.05) is 33.3 Å². The monoisotopic (exact) mass is 472 g/mol. The van der Waals surface area contributed by atoms with Crippen molar-refractivity contribution in [3.63, 3.8) is 0 Å². The molecule has 0 aliphatic heterocycles. The molecule has 9 heteroatoms. The summed E-state index contributed by atoms with van der Waals surface area (Å²) in [5.41, 5.74) is 1.93. The number of ether oxygens (including phenoxy) is 4. The number of anilines is 1. The average Bonchev–Trinajstić information content (AvgIpc) is 3.21. The number of amides is 1. The number of hydrogen-bond acceptors (Lipinski definition) is 7. The number of methoxy groups -OCH3 is 3. The number of rotatable bonds is 10. The number of hydrogen-bond donors (Lipinski definition) is 1. The van der Waals surface area contributed by atoms with Gasteiger partial charge in [-0.25, -0.2) is 4.98 Å². The summed E-state index contributed by atoms with van der Waals surface area (Å²) in [5.74, 6) is 1.40. The van der Waals surface area contributed by atoms with E-state index < -0.39 is 11.0 Å². The molecule has 0 aliphatic rings. The van der Waals surface area contributed by atoms with Crippen molar-refractivity contribution in [1.29, 1.82) is 0 Å². The van der Waals surface area contributed by atoms with Gasteiger partial charge in [0.15, 0.2) is 10.3 Å². The molecule has 0 bridgehead atoms. The second-order valence-corrected chi connectivity index (χ2v) is 8.06. The zero-order chi connectivity index (χ0) is 23.8. The minimum absolute atomic E-state index is 0.178. The molecule has 0 spiro atoms. The minimum Gasteiger partial charge on any atom is -0.497 e. The van der Waals surface area contributed by atoms with Crippen molar-refractivity contribution in [2.24, 2.45) is 0 Å². The third-order valence-electron chi connectivity index (χ3n) is 4.47. The Morgan fingerprint density at radius 2 is 1.67 bits per heavy atom. The van der Waals surface area contributed by atoms with Gasteiger partial charge >= 0.3 is 0 Å². The van der Waals surface area contributed by atoms with Gasteiger partial charge in [0.1, 0.15) is 23.4 Å². The number of benzene rings is 2. The molecule has 2 aromatic carbocycles. The standard InChI is InChI=1S/C24H25FN2O5S/c1-15(14-29-2)32-21-10-16(5-6-17-8-19(30-3)12-20(9-17)31-4)7-18(11-21)23(28)27-24-26-13-22(25)33-24/h5-13,15H,14H2,1-4H3,(H,26,27,28)/t15-/m0/s1. The first-order chi connectivity index (χ1) is 15.9. The highest BCUT2D eigenvalue weighted by atomic mass is 32.1. The Balaban J connectivity index is 1.91. The van der Waals surface area contributed by atoms with Gasteiger partial charge in [-0.3, -0.25) is 10.1 Å². The van der Waals surface area contributed by atoms with Crippen LogP contribution in [-0.4, -0.2) is 44.9 Å². The van der Waals surface area contributed by atoms with Crippen LogP contribution in [0.2, 0.25) is 0 Å². The van der Waals surface area contributed by atoms with Crippen LogP contribution in [0.15, 0.2) is 42.6 Å². The Bertz CT molecular complexity index is 1110. The molecule has 0 saturated carbocycles. The van der Waals surface area contributed by atoms with Crippen LogP contribution in [0, 0.1) is 5.13 Å². The summed E-state index contributed by atoms with van der Waals surface area (Å²) in [6, 6.07) is 10.7. The van der Waals surface area contributed by atoms with Gasteiger partial charge in [-0.15, -0.1) is 0 Å². The normalized spacial score (nSPS) is 11.9. The molecule has 174 valence electrons. The van der Waals surface area contributed by atoms with Crippen molar-refractivity contribution < 1.29 is 28.1 Å². The van der Waals surface area contributed by atoms with Crippen molar-refractivity contribution in [3.05, 3.63) is 64.4 Å². The second-order valence-electron chi connectivity index (χ2n) is 7.08. The van der Waals surface area contributed by atoms with Gasteiger partial charge in [0.2, 0.25) is 0 Å². The number of nitrogens with one attached hydrogen (secondary N) is 1. The van der Waals surface area contributed by atoms with E-state index in [1.54, 1.807) is 39.5 Å². The Kier molecular flexibility index (Phi) is 8.39. The van der Waals surface area contributed by atoms with Crippen LogP contribution in [0.4, 0.5) is 9.52 Å². The molecule has 1 N–H and O–H groups in total. The predicted octanol–water partition coefficient (Wildman–Crippen LogP) is 5.14. The van der Waals surface area contributed by atoms with Gasteiger partial charge < -0.3 is 18.9 Å². The van der Waals surface area contributed by atoms with Crippen molar-refractivity contribution >= 4 is 34.5 Å². The Labute approximate surface area is 195 Å². The van der Waals surface area contributed by atoms with Gasteiger partial charge in [-0.05, 0) is 48.4 Å². The number of nitrogens with zero attached hydrogens (tertiary/aromatic N) is 1. The largest absolute Gasteiger partial charge is 0.497 e. The van der Waals surface area contributed by atoms with E-state index in [4.69, 9.17) is 18.9 Å². The maximum absolute atomic E-state index is 13.2. The molecule has 0 fully saturated rings. The number of aromatic nitrogens is 1. The van der Waals surface area contributed by atoms with Crippen LogP contribution in [0.25, 0.3) is 12.2 Å². The maximum Gasteiger partial charge on any atom is 0.257 e. The van der Waals surface area contributed by atoms with E-state index in [1.807, 2.05) is 37.3 Å². The summed E-state index contributed by atoms with van der Waals surface area (Å²) in [6.45, 7) is 2.26. The first-order valence-corrected chi connectivity index (χ1v) is 10.9. The highest BCUT2D eigenvalue weighted by Gasteiger charge is 2.13. The van der Waals surface area contributed by atoms with Gasteiger partial charge in [0.25, 0.3) is 5.91 Å². The van der Waals surface area contributed by atoms with Gasteiger partial charge in [0.05, 0.1) is 27.0 Å². The average molecular weight is 473 g/mol. The number of carbonyl (C=O) groups is 1. The molecular weight excluding hydrogens is 447 g/mol. The zero-order valence-electron chi connectivity index (χ0n) is 18.8. The van der Waals surface area contributed by atoms with E-state index in [9.17, 15) is 9.18 Å². The molecule has 33 heavy (non-hydrogen) atoms. The summed E-state index contributed by atoms with van der Waals surface area (Å²) < 4.78 is 34.9. The fourth-order valence-electron chi connectivity index (χ4n) is 3.02. The first-order valence-electron chi connectivity index (χ1n) is 10.0. The maximum atomic E-state index is 13.2. The molecule has 0 saturated heterocycles. The molecule has 1 aromatic heterocycles. The van der Waals surface area contributed by atoms with E-state index in [1.165, 1.54) is 0 Å². The summed E-state index contributed by atoms with van der Waals surface area (Å²) in [4.78, 5) is 16.6. The molecule has 1 amide bonds. The summed E-state index contributed by atoms with van der Waals surface area (Å²) in [7, 11) is 4.76. The molecule has 1 atom stereocenters. The lowest BCUT2D eigenvalue weighted by molar-refractivity contribution is 0.0917. The molecule has 3 rings (SSSR count). The quantitative estimate of drug-likeness (QED) is 0.412. The number of thiazole rings is 1. The lowest BCUT2D eigenvalue weighted by atomic mass is 10.1. The smallest absolute Gasteiger partial charge is 0.257 e.